The Morgan fingerprint density at radius 1 is 1.41 bits per heavy atom. The number of ether oxygens (including phenoxy) is 1. The Bertz CT molecular complexity index is 534. The summed E-state index contributed by atoms with van der Waals surface area (Å²) in [6, 6.07) is 1.97. The third kappa shape index (κ3) is 3.39. The maximum atomic E-state index is 12.6. The van der Waals surface area contributed by atoms with Gasteiger partial charge in [0.1, 0.15) is 0 Å². The normalized spacial score (nSPS) is 22.4. The molecule has 1 saturated heterocycles. The minimum absolute atomic E-state index is 0.0413. The van der Waals surface area contributed by atoms with Crippen LogP contribution in [0.4, 0.5) is 0 Å². The fourth-order valence-corrected chi connectivity index (χ4v) is 2.97. The molecule has 0 radical (unpaired) electrons. The van der Waals surface area contributed by atoms with E-state index in [1.165, 1.54) is 0 Å². The molecule has 3 heterocycles. The lowest BCUT2D eigenvalue weighted by molar-refractivity contribution is 0.0305. The van der Waals surface area contributed by atoms with E-state index in [9.17, 15) is 4.79 Å². The van der Waals surface area contributed by atoms with Crippen molar-refractivity contribution in [2.24, 2.45) is 0 Å². The van der Waals surface area contributed by atoms with E-state index in [2.05, 4.69) is 23.1 Å². The van der Waals surface area contributed by atoms with Gasteiger partial charge in [0.05, 0.1) is 25.8 Å². The first-order valence-electron chi connectivity index (χ1n) is 8.01. The van der Waals surface area contributed by atoms with E-state index in [1.807, 2.05) is 11.0 Å². The van der Waals surface area contributed by atoms with Crippen molar-refractivity contribution in [1.29, 1.82) is 0 Å². The molecule has 2 aliphatic heterocycles. The zero-order chi connectivity index (χ0) is 15.4. The van der Waals surface area contributed by atoms with Gasteiger partial charge in [-0.3, -0.25) is 9.69 Å². The van der Waals surface area contributed by atoms with Crippen molar-refractivity contribution in [3.8, 4) is 0 Å². The Morgan fingerprint density at radius 2 is 2.23 bits per heavy atom. The number of carbonyl (C=O) groups excluding carboxylic acids is 1. The molecule has 1 aromatic heterocycles. The Morgan fingerprint density at radius 3 is 3.00 bits per heavy atom. The summed E-state index contributed by atoms with van der Waals surface area (Å²) < 4.78 is 10.7. The van der Waals surface area contributed by atoms with Crippen LogP contribution in [0.5, 0.6) is 0 Å². The molecule has 1 fully saturated rings. The van der Waals surface area contributed by atoms with Gasteiger partial charge in [-0.1, -0.05) is 30.7 Å². The molecule has 22 heavy (non-hydrogen) atoms. The van der Waals surface area contributed by atoms with Crippen LogP contribution < -0.4 is 0 Å². The molecule has 3 rings (SSSR count). The highest BCUT2D eigenvalue weighted by atomic mass is 16.5. The van der Waals surface area contributed by atoms with Gasteiger partial charge in [0.15, 0.2) is 11.5 Å². The number of nitrogens with zero attached hydrogens (tertiary/aromatic N) is 3. The van der Waals surface area contributed by atoms with Crippen LogP contribution in [0, 0.1) is 0 Å². The highest BCUT2D eigenvalue weighted by Crippen LogP contribution is 2.19. The van der Waals surface area contributed by atoms with Crippen LogP contribution in [-0.4, -0.2) is 59.8 Å². The molecule has 0 N–H and O–H groups in total. The minimum Gasteiger partial charge on any atom is -0.379 e. The summed E-state index contributed by atoms with van der Waals surface area (Å²) in [6.07, 6.45) is 6.20. The van der Waals surface area contributed by atoms with Crippen LogP contribution in [0.2, 0.25) is 0 Å². The first-order chi connectivity index (χ1) is 10.8. The smallest absolute Gasteiger partial charge is 0.276 e. The SMILES string of the molecule is CCCC1C=CCN1C(=O)c1cc(CN2CCOCC2)on1. The monoisotopic (exact) mass is 305 g/mol. The van der Waals surface area contributed by atoms with E-state index in [-0.39, 0.29) is 11.9 Å². The Balaban J connectivity index is 1.61. The van der Waals surface area contributed by atoms with Crippen LogP contribution in [-0.2, 0) is 11.3 Å². The molecule has 0 aromatic carbocycles. The highest BCUT2D eigenvalue weighted by Gasteiger charge is 2.27. The average molecular weight is 305 g/mol. The predicted molar refractivity (Wildman–Crippen MR) is 81.5 cm³/mol. The van der Waals surface area contributed by atoms with Gasteiger partial charge >= 0.3 is 0 Å². The van der Waals surface area contributed by atoms with E-state index in [0.29, 0.717) is 18.8 Å². The van der Waals surface area contributed by atoms with Gasteiger partial charge in [0.25, 0.3) is 5.91 Å². The first-order valence-corrected chi connectivity index (χ1v) is 8.01. The molecular weight excluding hydrogens is 282 g/mol. The van der Waals surface area contributed by atoms with Crippen molar-refractivity contribution in [3.63, 3.8) is 0 Å². The zero-order valence-electron chi connectivity index (χ0n) is 13.0. The molecule has 0 bridgehead atoms. The van der Waals surface area contributed by atoms with Gasteiger partial charge in [-0.05, 0) is 6.42 Å². The Hall–Kier alpha value is -1.66. The van der Waals surface area contributed by atoms with E-state index in [1.54, 1.807) is 6.07 Å². The molecule has 6 nitrogen and oxygen atoms in total. The van der Waals surface area contributed by atoms with Gasteiger partial charge in [-0.15, -0.1) is 0 Å². The van der Waals surface area contributed by atoms with E-state index >= 15 is 0 Å². The molecule has 6 heteroatoms. The predicted octanol–water partition coefficient (Wildman–Crippen LogP) is 1.69. The summed E-state index contributed by atoms with van der Waals surface area (Å²) in [7, 11) is 0. The lowest BCUT2D eigenvalue weighted by atomic mass is 10.1. The number of amides is 1. The van der Waals surface area contributed by atoms with E-state index < -0.39 is 0 Å². The fourth-order valence-electron chi connectivity index (χ4n) is 2.97. The van der Waals surface area contributed by atoms with Gasteiger partial charge in [-0.2, -0.15) is 0 Å². The van der Waals surface area contributed by atoms with Gasteiger partial charge in [0.2, 0.25) is 0 Å². The number of aromatic nitrogens is 1. The lowest BCUT2D eigenvalue weighted by Gasteiger charge is -2.25. The molecule has 1 amide bonds. The average Bonchev–Trinajstić information content (AvgIpc) is 3.18. The minimum atomic E-state index is -0.0413. The quantitative estimate of drug-likeness (QED) is 0.775. The summed E-state index contributed by atoms with van der Waals surface area (Å²) in [4.78, 5) is 16.7. The fraction of sp³-hybridized carbons (Fsp3) is 0.625. The third-order valence-corrected chi connectivity index (χ3v) is 4.17. The zero-order valence-corrected chi connectivity index (χ0v) is 13.0. The van der Waals surface area contributed by atoms with Crippen LogP contribution in [0.25, 0.3) is 0 Å². The number of hydrogen-bond acceptors (Lipinski definition) is 5. The molecule has 1 atom stereocenters. The van der Waals surface area contributed by atoms with Crippen LogP contribution in [0.15, 0.2) is 22.7 Å². The summed E-state index contributed by atoms with van der Waals surface area (Å²) in [5, 5.41) is 3.97. The number of carbonyl (C=O) groups is 1. The highest BCUT2D eigenvalue weighted by molar-refractivity contribution is 5.93. The topological polar surface area (TPSA) is 58.8 Å². The molecule has 120 valence electrons. The van der Waals surface area contributed by atoms with E-state index in [4.69, 9.17) is 9.26 Å². The second-order valence-corrected chi connectivity index (χ2v) is 5.81. The van der Waals surface area contributed by atoms with Crippen molar-refractivity contribution in [1.82, 2.24) is 15.0 Å². The lowest BCUT2D eigenvalue weighted by Crippen LogP contribution is -2.36. The van der Waals surface area contributed by atoms with Crippen LogP contribution >= 0.6 is 0 Å². The molecular formula is C16H23N3O3. The second kappa shape index (κ2) is 7.07. The standard InChI is InChI=1S/C16H23N3O3/c1-2-4-13-5-3-6-19(13)16(20)15-11-14(22-17-15)12-18-7-9-21-10-8-18/h3,5,11,13H,2,4,6-10,12H2,1H3. The largest absolute Gasteiger partial charge is 0.379 e. The van der Waals surface area contributed by atoms with Gasteiger partial charge in [-0.25, -0.2) is 0 Å². The van der Waals surface area contributed by atoms with Crippen molar-refractivity contribution >= 4 is 5.91 Å². The third-order valence-electron chi connectivity index (χ3n) is 4.17. The Labute approximate surface area is 130 Å². The Kier molecular flexibility index (Phi) is 4.90. The summed E-state index contributed by atoms with van der Waals surface area (Å²) in [6.45, 7) is 6.74. The number of morpholine rings is 1. The first kappa shape index (κ1) is 15.2. The van der Waals surface area contributed by atoms with Crippen LogP contribution in [0.1, 0.15) is 36.0 Å². The van der Waals surface area contributed by atoms with Crippen molar-refractivity contribution in [2.45, 2.75) is 32.4 Å². The van der Waals surface area contributed by atoms with Crippen molar-refractivity contribution < 1.29 is 14.1 Å². The molecule has 0 spiro atoms. The molecule has 1 unspecified atom stereocenters. The summed E-state index contributed by atoms with van der Waals surface area (Å²) in [5.41, 5.74) is 0.410. The maximum Gasteiger partial charge on any atom is 0.276 e. The molecule has 2 aliphatic rings. The number of rotatable bonds is 5. The van der Waals surface area contributed by atoms with Gasteiger partial charge < -0.3 is 14.2 Å². The van der Waals surface area contributed by atoms with Crippen LogP contribution in [0.3, 0.4) is 0 Å². The summed E-state index contributed by atoms with van der Waals surface area (Å²) >= 11 is 0. The van der Waals surface area contributed by atoms with Crippen molar-refractivity contribution in [3.05, 3.63) is 29.7 Å². The molecule has 0 saturated carbocycles. The maximum absolute atomic E-state index is 12.6. The van der Waals surface area contributed by atoms with E-state index in [0.717, 1.165) is 44.9 Å². The molecule has 1 aromatic rings. The molecule has 0 aliphatic carbocycles. The summed E-state index contributed by atoms with van der Waals surface area (Å²) in [5.74, 6) is 0.699. The van der Waals surface area contributed by atoms with Crippen molar-refractivity contribution in [2.75, 3.05) is 32.8 Å². The van der Waals surface area contributed by atoms with Gasteiger partial charge in [0, 0.05) is 25.7 Å². The number of hydrogen-bond donors (Lipinski definition) is 0. The second-order valence-electron chi connectivity index (χ2n) is 5.81.